The number of nitrogens with two attached hydrogens (primary N) is 2. The van der Waals surface area contributed by atoms with E-state index in [1.54, 1.807) is 0 Å². The highest BCUT2D eigenvalue weighted by molar-refractivity contribution is 5.89. The first-order valence-electron chi connectivity index (χ1n) is 4.05. The van der Waals surface area contributed by atoms with Gasteiger partial charge in [-0.15, -0.1) is 0 Å². The molecule has 0 aliphatic heterocycles. The third kappa shape index (κ3) is 1.39. The Morgan fingerprint density at radius 2 is 1.94 bits per heavy atom. The second-order valence-electron chi connectivity index (χ2n) is 2.88. The summed E-state index contributed by atoms with van der Waals surface area (Å²) in [7, 11) is 0. The van der Waals surface area contributed by atoms with E-state index in [-0.39, 0.29) is 22.9 Å². The number of aromatic nitrogens is 4. The van der Waals surface area contributed by atoms with Gasteiger partial charge in [-0.2, -0.15) is 9.97 Å². The molecule has 82 valence electrons. The van der Waals surface area contributed by atoms with Gasteiger partial charge in [0.1, 0.15) is 5.52 Å². The van der Waals surface area contributed by atoms with Crippen LogP contribution in [0.1, 0.15) is 10.5 Å². The van der Waals surface area contributed by atoms with Crippen molar-refractivity contribution >= 4 is 28.9 Å². The van der Waals surface area contributed by atoms with Crippen LogP contribution in [-0.2, 0) is 0 Å². The Morgan fingerprint density at radius 1 is 1.25 bits per heavy atom. The van der Waals surface area contributed by atoms with Crippen LogP contribution in [0.3, 0.4) is 0 Å². The molecule has 0 unspecified atom stereocenters. The van der Waals surface area contributed by atoms with Gasteiger partial charge in [0, 0.05) is 0 Å². The maximum Gasteiger partial charge on any atom is 0.360 e. The predicted octanol–water partition coefficient (Wildman–Crippen LogP) is -1.42. The maximum absolute atomic E-state index is 11.3. The number of carboxylic acids is 1. The fourth-order valence-corrected chi connectivity index (χ4v) is 1.16. The minimum Gasteiger partial charge on any atom is -0.476 e. The summed E-state index contributed by atoms with van der Waals surface area (Å²) in [5.74, 6) is -1.69. The van der Waals surface area contributed by atoms with Crippen molar-refractivity contribution in [3.63, 3.8) is 0 Å². The molecule has 0 aliphatic carbocycles. The van der Waals surface area contributed by atoms with Gasteiger partial charge < -0.3 is 21.6 Å². The molecule has 0 saturated carbocycles. The lowest BCUT2D eigenvalue weighted by molar-refractivity contribution is 0.0689. The Morgan fingerprint density at radius 3 is 2.56 bits per heavy atom. The van der Waals surface area contributed by atoms with Gasteiger partial charge in [0.2, 0.25) is 11.6 Å². The number of carbonyl (C=O) groups is 1. The summed E-state index contributed by atoms with van der Waals surface area (Å²) in [4.78, 5) is 35.0. The Hall–Kier alpha value is -2.71. The van der Waals surface area contributed by atoms with Gasteiger partial charge in [0.15, 0.2) is 11.5 Å². The molecule has 0 radical (unpaired) electrons. The number of H-pyrrole nitrogens is 1. The van der Waals surface area contributed by atoms with Crippen LogP contribution in [0, 0.1) is 0 Å². The van der Waals surface area contributed by atoms with Gasteiger partial charge in [-0.1, -0.05) is 0 Å². The summed E-state index contributed by atoms with van der Waals surface area (Å²) in [5.41, 5.74) is 9.21. The first-order valence-corrected chi connectivity index (χ1v) is 4.05. The molecule has 9 nitrogen and oxygen atoms in total. The van der Waals surface area contributed by atoms with Gasteiger partial charge in [0.05, 0.1) is 0 Å². The molecule has 2 rings (SSSR count). The third-order valence-corrected chi connectivity index (χ3v) is 1.80. The Kier molecular flexibility index (Phi) is 1.94. The molecule has 0 bridgehead atoms. The average molecular weight is 222 g/mol. The molecule has 16 heavy (non-hydrogen) atoms. The highest BCUT2D eigenvalue weighted by atomic mass is 16.4. The predicted molar refractivity (Wildman–Crippen MR) is 53.7 cm³/mol. The van der Waals surface area contributed by atoms with E-state index in [4.69, 9.17) is 16.6 Å². The summed E-state index contributed by atoms with van der Waals surface area (Å²) in [6.07, 6.45) is 0. The molecular weight excluding hydrogens is 216 g/mol. The number of nitrogen functional groups attached to an aromatic ring is 2. The van der Waals surface area contributed by atoms with E-state index in [0.717, 1.165) is 0 Å². The summed E-state index contributed by atoms with van der Waals surface area (Å²) in [6, 6.07) is 0. The van der Waals surface area contributed by atoms with Gasteiger partial charge in [-0.3, -0.25) is 4.79 Å². The third-order valence-electron chi connectivity index (χ3n) is 1.80. The number of fused-ring (bicyclic) bond motifs is 1. The Bertz CT molecular complexity index is 648. The normalized spacial score (nSPS) is 10.5. The molecule has 6 N–H and O–H groups in total. The zero-order valence-electron chi connectivity index (χ0n) is 7.76. The van der Waals surface area contributed by atoms with Crippen LogP contribution in [0.4, 0.5) is 11.8 Å². The average Bonchev–Trinajstić information content (AvgIpc) is 2.15. The number of nitrogens with one attached hydrogen (secondary N) is 1. The standard InChI is InChI=1S/C7H6N6O3/c8-3-1-4(13-7(9)11-3)12-5(14)2(10-1)6(15)16/h(H,15,16)(H5,8,9,11,12,13,14). The molecule has 0 fully saturated rings. The van der Waals surface area contributed by atoms with Crippen LogP contribution >= 0.6 is 0 Å². The van der Waals surface area contributed by atoms with Gasteiger partial charge >= 0.3 is 5.97 Å². The lowest BCUT2D eigenvalue weighted by Crippen LogP contribution is -2.21. The van der Waals surface area contributed by atoms with Crippen molar-refractivity contribution in [3.8, 4) is 0 Å². The van der Waals surface area contributed by atoms with E-state index >= 15 is 0 Å². The van der Waals surface area contributed by atoms with Crippen molar-refractivity contribution in [1.29, 1.82) is 0 Å². The van der Waals surface area contributed by atoms with Crippen molar-refractivity contribution in [2.24, 2.45) is 0 Å². The number of carboxylic acid groups (broad SMARTS) is 1. The molecular formula is C7H6N6O3. The fourth-order valence-electron chi connectivity index (χ4n) is 1.16. The SMILES string of the molecule is Nc1nc(N)c2nc(C(=O)O)c(=O)[nH]c2n1. The zero-order chi connectivity index (χ0) is 11.9. The van der Waals surface area contributed by atoms with E-state index in [9.17, 15) is 9.59 Å². The number of aromatic carboxylic acids is 1. The Labute approximate surface area is 87.2 Å². The van der Waals surface area contributed by atoms with Crippen LogP contribution in [0.2, 0.25) is 0 Å². The van der Waals surface area contributed by atoms with Gasteiger partial charge in [-0.25, -0.2) is 9.78 Å². The number of aromatic amines is 1. The molecule has 9 heteroatoms. The second kappa shape index (κ2) is 3.15. The molecule has 0 saturated heterocycles. The van der Waals surface area contributed by atoms with Crippen molar-refractivity contribution in [2.45, 2.75) is 0 Å². The molecule has 0 aliphatic rings. The summed E-state index contributed by atoms with van der Waals surface area (Å²) in [6.45, 7) is 0. The lowest BCUT2D eigenvalue weighted by atomic mass is 10.4. The largest absolute Gasteiger partial charge is 0.476 e. The Balaban J connectivity index is 2.90. The van der Waals surface area contributed by atoms with E-state index in [2.05, 4.69) is 19.9 Å². The topological polar surface area (TPSA) is 161 Å². The highest BCUT2D eigenvalue weighted by Crippen LogP contribution is 2.12. The minimum atomic E-state index is -1.46. The second-order valence-corrected chi connectivity index (χ2v) is 2.88. The van der Waals surface area contributed by atoms with Crippen molar-refractivity contribution in [1.82, 2.24) is 19.9 Å². The van der Waals surface area contributed by atoms with Gasteiger partial charge in [0.25, 0.3) is 5.56 Å². The smallest absolute Gasteiger partial charge is 0.360 e. The van der Waals surface area contributed by atoms with Crippen LogP contribution < -0.4 is 17.0 Å². The molecule has 0 atom stereocenters. The number of rotatable bonds is 1. The number of nitrogens with zero attached hydrogens (tertiary/aromatic N) is 3. The zero-order valence-corrected chi connectivity index (χ0v) is 7.76. The first kappa shape index (κ1) is 9.83. The first-order chi connectivity index (χ1) is 7.49. The number of anilines is 2. The van der Waals surface area contributed by atoms with E-state index in [1.807, 2.05) is 0 Å². The molecule has 2 aromatic rings. The van der Waals surface area contributed by atoms with Crippen LogP contribution in [-0.4, -0.2) is 31.0 Å². The van der Waals surface area contributed by atoms with E-state index < -0.39 is 17.2 Å². The summed E-state index contributed by atoms with van der Waals surface area (Å²) >= 11 is 0. The van der Waals surface area contributed by atoms with Crippen molar-refractivity contribution in [2.75, 3.05) is 11.5 Å². The fraction of sp³-hybridized carbons (Fsp3) is 0. The molecule has 2 heterocycles. The van der Waals surface area contributed by atoms with Crippen LogP contribution in [0.5, 0.6) is 0 Å². The van der Waals surface area contributed by atoms with E-state index in [0.29, 0.717) is 0 Å². The quantitative estimate of drug-likeness (QED) is 0.456. The van der Waals surface area contributed by atoms with Crippen LogP contribution in [0.25, 0.3) is 11.2 Å². The maximum atomic E-state index is 11.3. The van der Waals surface area contributed by atoms with Crippen LogP contribution in [0.15, 0.2) is 4.79 Å². The number of hydrogen-bond donors (Lipinski definition) is 4. The highest BCUT2D eigenvalue weighted by Gasteiger charge is 2.14. The monoisotopic (exact) mass is 222 g/mol. The lowest BCUT2D eigenvalue weighted by Gasteiger charge is -2.01. The summed E-state index contributed by atoms with van der Waals surface area (Å²) in [5, 5.41) is 8.68. The number of hydrogen-bond acceptors (Lipinski definition) is 7. The van der Waals surface area contributed by atoms with E-state index in [1.165, 1.54) is 0 Å². The van der Waals surface area contributed by atoms with Gasteiger partial charge in [-0.05, 0) is 0 Å². The molecule has 2 aromatic heterocycles. The molecule has 0 aromatic carbocycles. The summed E-state index contributed by atoms with van der Waals surface area (Å²) < 4.78 is 0. The molecule has 0 amide bonds. The minimum absolute atomic E-state index is 0.000000000000000222. The van der Waals surface area contributed by atoms with Crippen molar-refractivity contribution in [3.05, 3.63) is 16.0 Å². The van der Waals surface area contributed by atoms with Crippen molar-refractivity contribution < 1.29 is 9.90 Å². The molecule has 0 spiro atoms.